The molecule has 1 aromatic heterocycles. The molecule has 0 bridgehead atoms. The normalized spacial score (nSPS) is 9.53. The first kappa shape index (κ1) is 15.6. The fourth-order valence-corrected chi connectivity index (χ4v) is 1.10. The van der Waals surface area contributed by atoms with E-state index in [2.05, 4.69) is 29.4 Å². The van der Waals surface area contributed by atoms with Crippen molar-refractivity contribution in [2.24, 2.45) is 0 Å². The number of unbranched alkanes of at least 4 members (excludes halogenated alkanes) is 2. The molecule has 0 fully saturated rings. The fraction of sp³-hybridized carbons (Fsp3) is 0.667. The fourth-order valence-electron chi connectivity index (χ4n) is 1.10. The van der Waals surface area contributed by atoms with Crippen molar-refractivity contribution in [1.82, 2.24) is 15.5 Å². The maximum absolute atomic E-state index is 9.99. The Bertz CT molecular complexity index is 267. The summed E-state index contributed by atoms with van der Waals surface area (Å²) in [5, 5.41) is 17.3. The number of carboxylic acids is 1. The topological polar surface area (TPSA) is 78.0 Å². The number of carboxylic acid groups (broad SMARTS) is 1. The first-order chi connectivity index (χ1) is 8.22. The molecule has 5 nitrogen and oxygen atoms in total. The Hall–Kier alpha value is -1.36. The molecule has 98 valence electrons. The molecule has 0 unspecified atom stereocenters. The summed E-state index contributed by atoms with van der Waals surface area (Å²) in [6.07, 6.45) is 6.65. The zero-order chi connectivity index (χ0) is 12.9. The van der Waals surface area contributed by atoms with E-state index in [1.54, 1.807) is 0 Å². The SMILES string of the molecule is CCCCNCCCC.O=C(O)c1ccn[nH]1. The zero-order valence-electron chi connectivity index (χ0n) is 10.7. The van der Waals surface area contributed by atoms with E-state index in [0.717, 1.165) is 0 Å². The van der Waals surface area contributed by atoms with Crippen molar-refractivity contribution in [3.8, 4) is 0 Å². The van der Waals surface area contributed by atoms with E-state index in [-0.39, 0.29) is 5.69 Å². The summed E-state index contributed by atoms with van der Waals surface area (Å²) >= 11 is 0. The monoisotopic (exact) mass is 241 g/mol. The third-order valence-corrected chi connectivity index (χ3v) is 2.15. The number of nitrogens with one attached hydrogen (secondary N) is 2. The molecule has 1 aromatic rings. The number of carbonyl (C=O) groups is 1. The highest BCUT2D eigenvalue weighted by Crippen LogP contribution is 1.88. The number of aromatic amines is 1. The number of hydrogen-bond donors (Lipinski definition) is 3. The predicted molar refractivity (Wildman–Crippen MR) is 68.2 cm³/mol. The highest BCUT2D eigenvalue weighted by atomic mass is 16.4. The molecule has 0 atom stereocenters. The minimum Gasteiger partial charge on any atom is -0.477 e. The van der Waals surface area contributed by atoms with Crippen LogP contribution in [0.5, 0.6) is 0 Å². The molecule has 0 amide bonds. The minimum atomic E-state index is -0.984. The molecule has 0 aliphatic heterocycles. The Labute approximate surface area is 103 Å². The number of hydrogen-bond acceptors (Lipinski definition) is 3. The van der Waals surface area contributed by atoms with Gasteiger partial charge >= 0.3 is 5.97 Å². The van der Waals surface area contributed by atoms with Gasteiger partial charge in [0.2, 0.25) is 0 Å². The molecule has 17 heavy (non-hydrogen) atoms. The van der Waals surface area contributed by atoms with Crippen LogP contribution in [0.25, 0.3) is 0 Å². The Morgan fingerprint density at radius 2 is 1.94 bits per heavy atom. The Morgan fingerprint density at radius 3 is 2.24 bits per heavy atom. The summed E-state index contributed by atoms with van der Waals surface area (Å²) in [4.78, 5) is 9.99. The maximum Gasteiger partial charge on any atom is 0.353 e. The molecule has 1 heterocycles. The summed E-state index contributed by atoms with van der Waals surface area (Å²) in [7, 11) is 0. The molecule has 0 aliphatic carbocycles. The van der Waals surface area contributed by atoms with E-state index >= 15 is 0 Å². The molecule has 0 radical (unpaired) electrons. The smallest absolute Gasteiger partial charge is 0.353 e. The van der Waals surface area contributed by atoms with Crippen LogP contribution in [0.3, 0.4) is 0 Å². The van der Waals surface area contributed by atoms with Gasteiger partial charge in [-0.1, -0.05) is 26.7 Å². The molecule has 0 aromatic carbocycles. The third kappa shape index (κ3) is 9.56. The van der Waals surface area contributed by atoms with Crippen LogP contribution < -0.4 is 5.32 Å². The molecule has 0 saturated heterocycles. The van der Waals surface area contributed by atoms with Gasteiger partial charge in [0.05, 0.1) is 0 Å². The van der Waals surface area contributed by atoms with E-state index in [4.69, 9.17) is 5.11 Å². The van der Waals surface area contributed by atoms with E-state index in [0.29, 0.717) is 0 Å². The second kappa shape index (κ2) is 11.1. The molecule has 1 rings (SSSR count). The van der Waals surface area contributed by atoms with Gasteiger partial charge in [-0.05, 0) is 32.0 Å². The number of rotatable bonds is 7. The van der Waals surface area contributed by atoms with E-state index in [1.807, 2.05) is 0 Å². The van der Waals surface area contributed by atoms with Gasteiger partial charge in [0.25, 0.3) is 0 Å². The third-order valence-electron chi connectivity index (χ3n) is 2.15. The number of aromatic nitrogens is 2. The van der Waals surface area contributed by atoms with Gasteiger partial charge in [-0.3, -0.25) is 5.10 Å². The van der Waals surface area contributed by atoms with Crippen molar-refractivity contribution in [3.63, 3.8) is 0 Å². The van der Waals surface area contributed by atoms with Crippen molar-refractivity contribution >= 4 is 5.97 Å². The van der Waals surface area contributed by atoms with Crippen LogP contribution in [0, 0.1) is 0 Å². The molecular weight excluding hydrogens is 218 g/mol. The van der Waals surface area contributed by atoms with Crippen LogP contribution >= 0.6 is 0 Å². The average Bonchev–Trinajstić information content (AvgIpc) is 2.83. The van der Waals surface area contributed by atoms with Crippen molar-refractivity contribution in [1.29, 1.82) is 0 Å². The Morgan fingerprint density at radius 1 is 1.35 bits per heavy atom. The second-order valence-corrected chi connectivity index (χ2v) is 3.73. The first-order valence-corrected chi connectivity index (χ1v) is 6.15. The van der Waals surface area contributed by atoms with Crippen molar-refractivity contribution in [2.45, 2.75) is 39.5 Å². The minimum absolute atomic E-state index is 0.116. The summed E-state index contributed by atoms with van der Waals surface area (Å²) < 4.78 is 0. The average molecular weight is 241 g/mol. The van der Waals surface area contributed by atoms with Gasteiger partial charge in [-0.25, -0.2) is 4.79 Å². The van der Waals surface area contributed by atoms with Crippen LogP contribution in [0.2, 0.25) is 0 Å². The highest BCUT2D eigenvalue weighted by Gasteiger charge is 1.99. The first-order valence-electron chi connectivity index (χ1n) is 6.15. The summed E-state index contributed by atoms with van der Waals surface area (Å²) in [6, 6.07) is 1.39. The molecular formula is C12H23N3O2. The van der Waals surface area contributed by atoms with Crippen molar-refractivity contribution in [2.75, 3.05) is 13.1 Å². The molecule has 0 saturated carbocycles. The number of aromatic carboxylic acids is 1. The Balaban J connectivity index is 0.000000302. The maximum atomic E-state index is 9.99. The lowest BCUT2D eigenvalue weighted by Gasteiger charge is -1.99. The van der Waals surface area contributed by atoms with Gasteiger partial charge in [0.1, 0.15) is 5.69 Å². The molecule has 0 aliphatic rings. The van der Waals surface area contributed by atoms with Crippen LogP contribution in [0.15, 0.2) is 12.3 Å². The van der Waals surface area contributed by atoms with Gasteiger partial charge in [0, 0.05) is 6.20 Å². The standard InChI is InChI=1S/C8H19N.C4H4N2O2/c1-3-5-7-9-8-6-4-2;7-4(8)3-1-2-5-6-3/h9H,3-8H2,1-2H3;1-2H,(H,5,6)(H,7,8). The van der Waals surface area contributed by atoms with Gasteiger partial charge in [0.15, 0.2) is 0 Å². The van der Waals surface area contributed by atoms with Crippen LogP contribution in [0.4, 0.5) is 0 Å². The lowest BCUT2D eigenvalue weighted by atomic mass is 10.3. The lowest BCUT2D eigenvalue weighted by molar-refractivity contribution is 0.0690. The second-order valence-electron chi connectivity index (χ2n) is 3.73. The molecule has 3 N–H and O–H groups in total. The quantitative estimate of drug-likeness (QED) is 0.640. The van der Waals surface area contributed by atoms with Gasteiger partial charge in [-0.2, -0.15) is 5.10 Å². The van der Waals surface area contributed by atoms with E-state index in [9.17, 15) is 4.79 Å². The number of H-pyrrole nitrogens is 1. The summed E-state index contributed by atoms with van der Waals surface area (Å²) in [5.74, 6) is -0.984. The molecule has 0 spiro atoms. The molecule has 5 heteroatoms. The largest absolute Gasteiger partial charge is 0.477 e. The van der Waals surface area contributed by atoms with E-state index < -0.39 is 5.97 Å². The zero-order valence-corrected chi connectivity index (χ0v) is 10.7. The van der Waals surface area contributed by atoms with Crippen LogP contribution in [-0.4, -0.2) is 34.4 Å². The van der Waals surface area contributed by atoms with E-state index in [1.165, 1.54) is 51.0 Å². The highest BCUT2D eigenvalue weighted by molar-refractivity contribution is 5.84. The summed E-state index contributed by atoms with van der Waals surface area (Å²) in [6.45, 7) is 6.86. The Kier molecular flexibility index (Phi) is 10.2. The lowest BCUT2D eigenvalue weighted by Crippen LogP contribution is -2.15. The summed E-state index contributed by atoms with van der Waals surface area (Å²) in [5.41, 5.74) is 0.116. The van der Waals surface area contributed by atoms with Gasteiger partial charge in [-0.15, -0.1) is 0 Å². The van der Waals surface area contributed by atoms with Gasteiger partial charge < -0.3 is 10.4 Å². The van der Waals surface area contributed by atoms with Crippen molar-refractivity contribution in [3.05, 3.63) is 18.0 Å². The van der Waals surface area contributed by atoms with Crippen LogP contribution in [-0.2, 0) is 0 Å². The van der Waals surface area contributed by atoms with Crippen LogP contribution in [0.1, 0.15) is 50.0 Å². The predicted octanol–water partition coefficient (Wildman–Crippen LogP) is 2.28. The van der Waals surface area contributed by atoms with Crippen molar-refractivity contribution < 1.29 is 9.90 Å². The number of nitrogens with zero attached hydrogens (tertiary/aromatic N) is 1.